The first-order valence-corrected chi connectivity index (χ1v) is 6.36. The summed E-state index contributed by atoms with van der Waals surface area (Å²) in [6, 6.07) is -0.657. The highest BCUT2D eigenvalue weighted by atomic mass is 16.6. The van der Waals surface area contributed by atoms with Crippen LogP contribution in [0.25, 0.3) is 0 Å². The lowest BCUT2D eigenvalue weighted by molar-refractivity contribution is -0.143. The maximum atomic E-state index is 11.4. The van der Waals surface area contributed by atoms with Gasteiger partial charge in [0.1, 0.15) is 6.04 Å². The van der Waals surface area contributed by atoms with Gasteiger partial charge in [0.05, 0.1) is 13.7 Å². The summed E-state index contributed by atoms with van der Waals surface area (Å²) in [6.07, 6.45) is 3.25. The van der Waals surface area contributed by atoms with E-state index in [9.17, 15) is 9.59 Å². The highest BCUT2D eigenvalue weighted by Gasteiger charge is 2.21. The highest BCUT2D eigenvalue weighted by Crippen LogP contribution is 2.03. The molecule has 1 atom stereocenters. The molecule has 0 heterocycles. The van der Waals surface area contributed by atoms with Gasteiger partial charge >= 0.3 is 12.1 Å². The molecule has 106 valence electrons. The molecule has 6 nitrogen and oxygen atoms in total. The Bertz CT molecular complexity index is 246. The molecule has 0 rings (SSSR count). The first-order chi connectivity index (χ1) is 8.65. The Kier molecular flexibility index (Phi) is 10.0. The van der Waals surface area contributed by atoms with Crippen molar-refractivity contribution in [1.29, 1.82) is 0 Å². The SMILES string of the molecule is CCCCOC(=O)N[C@@H](CCCCN)C(=O)OC. The van der Waals surface area contributed by atoms with Gasteiger partial charge in [-0.15, -0.1) is 0 Å². The van der Waals surface area contributed by atoms with E-state index < -0.39 is 18.1 Å². The van der Waals surface area contributed by atoms with Crippen molar-refractivity contribution >= 4 is 12.1 Å². The average Bonchev–Trinajstić information content (AvgIpc) is 2.37. The topological polar surface area (TPSA) is 90.6 Å². The number of amides is 1. The number of alkyl carbamates (subject to hydrolysis) is 1. The second-order valence-corrected chi connectivity index (χ2v) is 3.99. The van der Waals surface area contributed by atoms with Crippen LogP contribution in [-0.4, -0.2) is 38.4 Å². The molecule has 0 aromatic rings. The van der Waals surface area contributed by atoms with Crippen molar-refractivity contribution < 1.29 is 19.1 Å². The molecule has 3 N–H and O–H groups in total. The number of nitrogens with two attached hydrogens (primary N) is 1. The van der Waals surface area contributed by atoms with Crippen LogP contribution in [0.1, 0.15) is 39.0 Å². The van der Waals surface area contributed by atoms with E-state index in [0.29, 0.717) is 19.6 Å². The van der Waals surface area contributed by atoms with Gasteiger partial charge in [0.2, 0.25) is 0 Å². The second kappa shape index (κ2) is 10.8. The van der Waals surface area contributed by atoms with E-state index in [1.807, 2.05) is 6.92 Å². The standard InChI is InChI=1S/C12H24N2O4/c1-3-4-9-18-12(16)14-10(11(15)17-2)7-5-6-8-13/h10H,3-9,13H2,1-2H3,(H,14,16)/t10-/m0/s1. The molecule has 0 saturated carbocycles. The number of hydrogen-bond donors (Lipinski definition) is 2. The molecule has 0 saturated heterocycles. The molecule has 0 aliphatic rings. The van der Waals surface area contributed by atoms with Crippen LogP contribution in [0.2, 0.25) is 0 Å². The molecule has 0 unspecified atom stereocenters. The second-order valence-electron chi connectivity index (χ2n) is 3.99. The minimum Gasteiger partial charge on any atom is -0.467 e. The van der Waals surface area contributed by atoms with Crippen LogP contribution in [0.15, 0.2) is 0 Å². The minimum atomic E-state index is -0.657. The van der Waals surface area contributed by atoms with Crippen molar-refractivity contribution in [3.05, 3.63) is 0 Å². The molecule has 0 aromatic heterocycles. The molecule has 0 bridgehead atoms. The number of carbonyl (C=O) groups is 2. The molecule has 0 spiro atoms. The van der Waals surface area contributed by atoms with Crippen LogP contribution in [0, 0.1) is 0 Å². The van der Waals surface area contributed by atoms with Crippen LogP contribution >= 0.6 is 0 Å². The fourth-order valence-electron chi connectivity index (χ4n) is 1.38. The Morgan fingerprint density at radius 2 is 2.00 bits per heavy atom. The first-order valence-electron chi connectivity index (χ1n) is 6.36. The Hall–Kier alpha value is -1.30. The van der Waals surface area contributed by atoms with Gasteiger partial charge in [0, 0.05) is 0 Å². The van der Waals surface area contributed by atoms with Gasteiger partial charge in [0.15, 0.2) is 0 Å². The number of ether oxygens (including phenoxy) is 2. The normalized spacial score (nSPS) is 11.7. The van der Waals surface area contributed by atoms with Crippen molar-refractivity contribution in [2.24, 2.45) is 5.73 Å². The summed E-state index contributed by atoms with van der Waals surface area (Å²) in [5.74, 6) is -0.459. The van der Waals surface area contributed by atoms with Crippen LogP contribution in [0.3, 0.4) is 0 Å². The Morgan fingerprint density at radius 1 is 1.28 bits per heavy atom. The van der Waals surface area contributed by atoms with E-state index in [4.69, 9.17) is 10.5 Å². The van der Waals surface area contributed by atoms with Crippen molar-refractivity contribution in [3.8, 4) is 0 Å². The van der Waals surface area contributed by atoms with Gasteiger partial charge in [-0.3, -0.25) is 0 Å². The third-order valence-corrected chi connectivity index (χ3v) is 2.46. The molecule has 0 radical (unpaired) electrons. The van der Waals surface area contributed by atoms with Gasteiger partial charge in [0.25, 0.3) is 0 Å². The average molecular weight is 260 g/mol. The summed E-state index contributed by atoms with van der Waals surface area (Å²) in [6.45, 7) is 2.93. The maximum Gasteiger partial charge on any atom is 0.407 e. The van der Waals surface area contributed by atoms with E-state index in [1.165, 1.54) is 7.11 Å². The van der Waals surface area contributed by atoms with Crippen molar-refractivity contribution in [3.63, 3.8) is 0 Å². The molecule has 0 aliphatic heterocycles. The molecule has 0 aliphatic carbocycles. The van der Waals surface area contributed by atoms with Gasteiger partial charge in [-0.2, -0.15) is 0 Å². The molecule has 0 fully saturated rings. The van der Waals surface area contributed by atoms with Gasteiger partial charge < -0.3 is 20.5 Å². The number of esters is 1. The fourth-order valence-corrected chi connectivity index (χ4v) is 1.38. The monoisotopic (exact) mass is 260 g/mol. The number of carbonyl (C=O) groups excluding carboxylic acids is 2. The quantitative estimate of drug-likeness (QED) is 0.480. The molecular weight excluding hydrogens is 236 g/mol. The molecule has 6 heteroatoms. The van der Waals surface area contributed by atoms with E-state index in [-0.39, 0.29) is 0 Å². The van der Waals surface area contributed by atoms with E-state index in [1.54, 1.807) is 0 Å². The largest absolute Gasteiger partial charge is 0.467 e. The number of hydrogen-bond acceptors (Lipinski definition) is 5. The van der Waals surface area contributed by atoms with Crippen LogP contribution < -0.4 is 11.1 Å². The van der Waals surface area contributed by atoms with E-state index in [2.05, 4.69) is 10.1 Å². The van der Waals surface area contributed by atoms with E-state index in [0.717, 1.165) is 25.7 Å². The lowest BCUT2D eigenvalue weighted by Gasteiger charge is -2.16. The van der Waals surface area contributed by atoms with Crippen LogP contribution in [0.4, 0.5) is 4.79 Å². The zero-order chi connectivity index (χ0) is 13.8. The molecule has 0 aromatic carbocycles. The predicted octanol–water partition coefficient (Wildman–Crippen LogP) is 1.18. The summed E-state index contributed by atoms with van der Waals surface area (Å²) in [4.78, 5) is 22.9. The number of nitrogens with one attached hydrogen (secondary N) is 1. The lowest BCUT2D eigenvalue weighted by atomic mass is 10.1. The highest BCUT2D eigenvalue weighted by molar-refractivity contribution is 5.81. The summed E-state index contributed by atoms with van der Waals surface area (Å²) in [5, 5.41) is 2.51. The number of rotatable bonds is 9. The van der Waals surface area contributed by atoms with Crippen molar-refractivity contribution in [2.75, 3.05) is 20.3 Å². The molecular formula is C12H24N2O4. The predicted molar refractivity (Wildman–Crippen MR) is 68.1 cm³/mol. The number of unbranched alkanes of at least 4 members (excludes halogenated alkanes) is 2. The molecule has 1 amide bonds. The Morgan fingerprint density at radius 3 is 2.56 bits per heavy atom. The fraction of sp³-hybridized carbons (Fsp3) is 0.833. The smallest absolute Gasteiger partial charge is 0.407 e. The summed E-state index contributed by atoms with van der Waals surface area (Å²) in [5.41, 5.74) is 5.38. The lowest BCUT2D eigenvalue weighted by Crippen LogP contribution is -2.41. The minimum absolute atomic E-state index is 0.360. The third kappa shape index (κ3) is 7.89. The Labute approximate surface area is 108 Å². The summed E-state index contributed by atoms with van der Waals surface area (Å²) >= 11 is 0. The van der Waals surface area contributed by atoms with Crippen LogP contribution in [0.5, 0.6) is 0 Å². The third-order valence-electron chi connectivity index (χ3n) is 2.46. The summed E-state index contributed by atoms with van der Waals surface area (Å²) < 4.78 is 9.56. The van der Waals surface area contributed by atoms with Gasteiger partial charge in [-0.25, -0.2) is 9.59 Å². The van der Waals surface area contributed by atoms with Crippen LogP contribution in [-0.2, 0) is 14.3 Å². The van der Waals surface area contributed by atoms with Crippen molar-refractivity contribution in [1.82, 2.24) is 5.32 Å². The Balaban J connectivity index is 4.05. The number of methoxy groups -OCH3 is 1. The van der Waals surface area contributed by atoms with Gasteiger partial charge in [-0.1, -0.05) is 13.3 Å². The van der Waals surface area contributed by atoms with Crippen molar-refractivity contribution in [2.45, 2.75) is 45.1 Å². The summed E-state index contributed by atoms with van der Waals surface area (Å²) in [7, 11) is 1.29. The molecule has 18 heavy (non-hydrogen) atoms. The first kappa shape index (κ1) is 16.7. The van der Waals surface area contributed by atoms with Gasteiger partial charge in [-0.05, 0) is 32.2 Å². The van der Waals surface area contributed by atoms with E-state index >= 15 is 0 Å². The zero-order valence-corrected chi connectivity index (χ0v) is 11.2. The zero-order valence-electron chi connectivity index (χ0n) is 11.2. The maximum absolute atomic E-state index is 11.4.